The van der Waals surface area contributed by atoms with Gasteiger partial charge in [0, 0.05) is 16.9 Å². The molecule has 0 saturated heterocycles. The second-order valence-corrected chi connectivity index (χ2v) is 8.59. The van der Waals surface area contributed by atoms with Gasteiger partial charge in [0.15, 0.2) is 16.1 Å². The molecule has 12 heteroatoms. The van der Waals surface area contributed by atoms with Crippen LogP contribution in [0.4, 0.5) is 5.13 Å². The largest absolute Gasteiger partial charge is 0.486 e. The standard InChI is InChI=1S/C20H22ClN5O4S2/c1-3-26-16(10-30-15-7-5-13(21)6-8-15)24-25-20(26)32-12-17(27)23-19-22-14(11-31-19)9-18(28)29-4-2/h5-8,11H,3-4,9-10,12H2,1-2H3,(H,22,23,27). The zero-order valence-electron chi connectivity index (χ0n) is 17.5. The van der Waals surface area contributed by atoms with Gasteiger partial charge in [0.2, 0.25) is 5.91 Å². The normalized spacial score (nSPS) is 10.7. The SMILES string of the molecule is CCOC(=O)Cc1csc(NC(=O)CSc2nnc(COc3ccc(Cl)cc3)n2CC)n1. The maximum absolute atomic E-state index is 12.3. The smallest absolute Gasteiger partial charge is 0.311 e. The van der Waals surface area contributed by atoms with Crippen molar-refractivity contribution in [3.8, 4) is 5.75 Å². The molecular weight excluding hydrogens is 474 g/mol. The van der Waals surface area contributed by atoms with Crippen LogP contribution in [0.25, 0.3) is 0 Å². The molecule has 0 aliphatic rings. The Morgan fingerprint density at radius 3 is 2.72 bits per heavy atom. The van der Waals surface area contributed by atoms with Crippen molar-refractivity contribution in [1.82, 2.24) is 19.7 Å². The van der Waals surface area contributed by atoms with Crippen LogP contribution in [0.1, 0.15) is 25.4 Å². The summed E-state index contributed by atoms with van der Waals surface area (Å²) in [6.45, 7) is 4.93. The molecule has 0 unspecified atom stereocenters. The predicted molar refractivity (Wildman–Crippen MR) is 123 cm³/mol. The molecule has 1 aromatic carbocycles. The van der Waals surface area contributed by atoms with Crippen LogP contribution in [-0.4, -0.2) is 44.0 Å². The third-order valence-electron chi connectivity index (χ3n) is 4.05. The number of carbonyl (C=O) groups is 2. The summed E-state index contributed by atoms with van der Waals surface area (Å²) in [5.41, 5.74) is 0.562. The Morgan fingerprint density at radius 2 is 2.00 bits per heavy atom. The predicted octanol–water partition coefficient (Wildman–Crippen LogP) is 3.82. The first-order chi connectivity index (χ1) is 15.5. The Balaban J connectivity index is 1.50. The first-order valence-electron chi connectivity index (χ1n) is 9.81. The zero-order chi connectivity index (χ0) is 22.9. The second-order valence-electron chi connectivity index (χ2n) is 6.35. The number of hydrogen-bond donors (Lipinski definition) is 1. The summed E-state index contributed by atoms with van der Waals surface area (Å²) >= 11 is 8.42. The van der Waals surface area contributed by atoms with E-state index in [1.54, 1.807) is 36.6 Å². The van der Waals surface area contributed by atoms with E-state index in [1.165, 1.54) is 23.1 Å². The van der Waals surface area contributed by atoms with E-state index in [4.69, 9.17) is 21.1 Å². The lowest BCUT2D eigenvalue weighted by Crippen LogP contribution is -2.15. The number of nitrogens with zero attached hydrogens (tertiary/aromatic N) is 4. The van der Waals surface area contributed by atoms with Gasteiger partial charge in [0.25, 0.3) is 0 Å². The molecule has 2 heterocycles. The van der Waals surface area contributed by atoms with Gasteiger partial charge in [-0.25, -0.2) is 4.98 Å². The van der Waals surface area contributed by atoms with Crippen LogP contribution in [0.2, 0.25) is 5.02 Å². The Hall–Kier alpha value is -2.63. The highest BCUT2D eigenvalue weighted by Gasteiger charge is 2.15. The van der Waals surface area contributed by atoms with Crippen molar-refractivity contribution < 1.29 is 19.1 Å². The summed E-state index contributed by atoms with van der Waals surface area (Å²) in [6, 6.07) is 7.07. The molecular formula is C20H22ClN5O4S2. The van der Waals surface area contributed by atoms with Gasteiger partial charge in [0.05, 0.1) is 24.5 Å². The minimum Gasteiger partial charge on any atom is -0.486 e. The van der Waals surface area contributed by atoms with E-state index in [9.17, 15) is 9.59 Å². The molecule has 1 amide bonds. The minimum absolute atomic E-state index is 0.0788. The van der Waals surface area contributed by atoms with Crippen LogP contribution in [0.15, 0.2) is 34.8 Å². The second kappa shape index (κ2) is 11.8. The highest BCUT2D eigenvalue weighted by molar-refractivity contribution is 7.99. The van der Waals surface area contributed by atoms with Crippen LogP contribution < -0.4 is 10.1 Å². The van der Waals surface area contributed by atoms with Crippen LogP contribution in [0, 0.1) is 0 Å². The van der Waals surface area contributed by atoms with Gasteiger partial charge in [-0.3, -0.25) is 9.59 Å². The Bertz CT molecular complexity index is 1050. The fourth-order valence-electron chi connectivity index (χ4n) is 2.62. The van der Waals surface area contributed by atoms with E-state index >= 15 is 0 Å². The third kappa shape index (κ3) is 6.94. The summed E-state index contributed by atoms with van der Waals surface area (Å²) in [4.78, 5) is 28.1. The average molecular weight is 496 g/mol. The summed E-state index contributed by atoms with van der Waals surface area (Å²) in [5.74, 6) is 0.911. The molecule has 0 fully saturated rings. The van der Waals surface area contributed by atoms with E-state index < -0.39 is 0 Å². The van der Waals surface area contributed by atoms with E-state index in [-0.39, 0.29) is 30.7 Å². The van der Waals surface area contributed by atoms with Crippen molar-refractivity contribution in [2.75, 3.05) is 17.7 Å². The summed E-state index contributed by atoms with van der Waals surface area (Å²) in [7, 11) is 0. The third-order valence-corrected chi connectivity index (χ3v) is 6.08. The monoisotopic (exact) mass is 495 g/mol. The number of carbonyl (C=O) groups excluding carboxylic acids is 2. The molecule has 9 nitrogen and oxygen atoms in total. The molecule has 1 N–H and O–H groups in total. The molecule has 0 spiro atoms. The van der Waals surface area contributed by atoms with Gasteiger partial charge in [-0.2, -0.15) is 0 Å². The molecule has 32 heavy (non-hydrogen) atoms. The summed E-state index contributed by atoms with van der Waals surface area (Å²) in [5, 5.41) is 14.5. The lowest BCUT2D eigenvalue weighted by Gasteiger charge is -2.09. The fourth-order valence-corrected chi connectivity index (χ4v) is 4.29. The van der Waals surface area contributed by atoms with Gasteiger partial charge in [-0.1, -0.05) is 23.4 Å². The lowest BCUT2D eigenvalue weighted by molar-refractivity contribution is -0.142. The van der Waals surface area contributed by atoms with Crippen LogP contribution >= 0.6 is 34.7 Å². The van der Waals surface area contributed by atoms with Crippen molar-refractivity contribution in [1.29, 1.82) is 0 Å². The van der Waals surface area contributed by atoms with E-state index in [2.05, 4.69) is 20.5 Å². The van der Waals surface area contributed by atoms with E-state index in [1.807, 2.05) is 11.5 Å². The van der Waals surface area contributed by atoms with Crippen LogP contribution in [0.5, 0.6) is 5.75 Å². The number of ether oxygens (including phenoxy) is 2. The van der Waals surface area contributed by atoms with E-state index in [0.29, 0.717) is 45.7 Å². The van der Waals surface area contributed by atoms with Gasteiger partial charge in [0.1, 0.15) is 12.4 Å². The zero-order valence-corrected chi connectivity index (χ0v) is 19.9. The molecule has 170 valence electrons. The Labute approximate surface area is 198 Å². The van der Waals surface area contributed by atoms with Crippen LogP contribution in [0.3, 0.4) is 0 Å². The number of halogens is 1. The van der Waals surface area contributed by atoms with Gasteiger partial charge >= 0.3 is 5.97 Å². The van der Waals surface area contributed by atoms with Crippen molar-refractivity contribution in [3.05, 3.63) is 46.2 Å². The maximum atomic E-state index is 12.3. The minimum atomic E-state index is -0.346. The number of amides is 1. The van der Waals surface area contributed by atoms with Crippen molar-refractivity contribution in [2.45, 2.75) is 38.6 Å². The maximum Gasteiger partial charge on any atom is 0.311 e. The molecule has 0 atom stereocenters. The number of anilines is 1. The quantitative estimate of drug-likeness (QED) is 0.316. The number of nitrogens with one attached hydrogen (secondary N) is 1. The van der Waals surface area contributed by atoms with Crippen LogP contribution in [-0.2, 0) is 33.9 Å². The van der Waals surface area contributed by atoms with Gasteiger partial charge in [-0.15, -0.1) is 21.5 Å². The molecule has 0 bridgehead atoms. The number of rotatable bonds is 11. The fraction of sp³-hybridized carbons (Fsp3) is 0.350. The first kappa shape index (κ1) is 24.0. The summed E-state index contributed by atoms with van der Waals surface area (Å²) in [6.07, 6.45) is 0.0788. The topological polar surface area (TPSA) is 108 Å². The van der Waals surface area contributed by atoms with Crippen molar-refractivity contribution in [2.24, 2.45) is 0 Å². The summed E-state index contributed by atoms with van der Waals surface area (Å²) < 4.78 is 12.5. The molecule has 0 radical (unpaired) electrons. The molecule has 3 aromatic rings. The van der Waals surface area contributed by atoms with Crippen molar-refractivity contribution >= 4 is 51.7 Å². The number of hydrogen-bond acceptors (Lipinski definition) is 9. The molecule has 2 aromatic heterocycles. The number of esters is 1. The molecule has 0 aliphatic heterocycles. The van der Waals surface area contributed by atoms with E-state index in [0.717, 1.165) is 0 Å². The number of aromatic nitrogens is 4. The Kier molecular flexibility index (Phi) is 8.89. The molecule has 3 rings (SSSR count). The van der Waals surface area contributed by atoms with Gasteiger partial charge < -0.3 is 19.4 Å². The van der Waals surface area contributed by atoms with Crippen molar-refractivity contribution in [3.63, 3.8) is 0 Å². The Morgan fingerprint density at radius 1 is 1.22 bits per heavy atom. The highest BCUT2D eigenvalue weighted by Crippen LogP contribution is 2.21. The average Bonchev–Trinajstić information content (AvgIpc) is 3.38. The molecule has 0 saturated carbocycles. The molecule has 0 aliphatic carbocycles. The van der Waals surface area contributed by atoms with Gasteiger partial charge in [-0.05, 0) is 38.1 Å². The highest BCUT2D eigenvalue weighted by atomic mass is 35.5. The lowest BCUT2D eigenvalue weighted by atomic mass is 10.3. The number of thioether (sulfide) groups is 1. The number of thiazole rings is 1. The number of benzene rings is 1. The first-order valence-corrected chi connectivity index (χ1v) is 12.1.